The quantitative estimate of drug-likeness (QED) is 0.150. The molecule has 1 N–H and O–H groups in total. The predicted molar refractivity (Wildman–Crippen MR) is 188 cm³/mol. The summed E-state index contributed by atoms with van der Waals surface area (Å²) in [6.07, 6.45) is -13.6. The maximum absolute atomic E-state index is 13.5. The van der Waals surface area contributed by atoms with Crippen molar-refractivity contribution in [2.45, 2.75) is 25.1 Å². The van der Waals surface area contributed by atoms with Crippen LogP contribution in [0.15, 0.2) is 85.1 Å². The molecule has 3 heterocycles. The van der Waals surface area contributed by atoms with Crippen LogP contribution in [0.2, 0.25) is 0 Å². The van der Waals surface area contributed by atoms with Gasteiger partial charge in [0, 0.05) is 57.3 Å². The average molecular weight is 816 g/mol. The molecule has 9 nitrogen and oxygen atoms in total. The molecule has 3 aromatic carbocycles. The molecule has 0 saturated carbocycles. The van der Waals surface area contributed by atoms with E-state index in [2.05, 4.69) is 15.2 Å². The van der Waals surface area contributed by atoms with Gasteiger partial charge in [0.25, 0.3) is 11.8 Å². The molecule has 1 fully saturated rings. The van der Waals surface area contributed by atoms with Crippen molar-refractivity contribution in [2.75, 3.05) is 38.1 Å². The number of hydrogen-bond acceptors (Lipinski definition) is 6. The minimum atomic E-state index is -5.23. The van der Waals surface area contributed by atoms with E-state index in [1.165, 1.54) is 24.3 Å². The largest absolute Gasteiger partial charge is 0.484 e. The molecule has 1 saturated heterocycles. The molecule has 0 spiro atoms. The fourth-order valence-electron chi connectivity index (χ4n) is 5.95. The molecule has 2 aromatic heterocycles. The van der Waals surface area contributed by atoms with Crippen molar-refractivity contribution < 1.29 is 58.6 Å². The molecule has 0 bridgehead atoms. The fraction of sp³-hybridized carbons (Fsp3) is 0.270. The maximum Gasteiger partial charge on any atom is 0.422 e. The normalized spacial score (nSPS) is 14.0. The molecule has 0 unspecified atom stereocenters. The number of aromatic nitrogens is 2. The Balaban J connectivity index is 0.00000600. The van der Waals surface area contributed by atoms with E-state index in [9.17, 15) is 49.1 Å². The Morgan fingerprint density at radius 2 is 1.46 bits per heavy atom. The van der Waals surface area contributed by atoms with Crippen LogP contribution in [0.4, 0.5) is 45.2 Å². The van der Waals surface area contributed by atoms with Crippen LogP contribution in [0, 0.1) is 0 Å². The van der Waals surface area contributed by atoms with Gasteiger partial charge in [-0.2, -0.15) is 39.5 Å². The number of nitrogens with zero attached hydrogens (tertiary/aromatic N) is 4. The highest BCUT2D eigenvalue weighted by Gasteiger charge is 2.39. The van der Waals surface area contributed by atoms with Crippen molar-refractivity contribution in [3.05, 3.63) is 113 Å². The van der Waals surface area contributed by atoms with E-state index in [1.54, 1.807) is 52.9 Å². The number of piperazine rings is 1. The predicted octanol–water partition coefficient (Wildman–Crippen LogP) is 8.98. The monoisotopic (exact) mass is 815 g/mol. The van der Waals surface area contributed by atoms with Gasteiger partial charge in [-0.1, -0.05) is 12.1 Å². The lowest BCUT2D eigenvalue weighted by molar-refractivity contribution is -0.153. The molecular formula is C37H31ClF9N5O4. The number of hydrogen-bond donors (Lipinski definition) is 1. The number of carbonyl (C=O) groups is 2. The number of fused-ring (bicyclic) bond motifs is 1. The summed E-state index contributed by atoms with van der Waals surface area (Å²) < 4.78 is 129. The van der Waals surface area contributed by atoms with Crippen LogP contribution in [-0.4, -0.2) is 70.1 Å². The first-order valence-electron chi connectivity index (χ1n) is 16.5. The average Bonchev–Trinajstić information content (AvgIpc) is 3.46. The zero-order valence-electron chi connectivity index (χ0n) is 29.1. The summed E-state index contributed by atoms with van der Waals surface area (Å²) >= 11 is 0. The minimum absolute atomic E-state index is 0. The summed E-state index contributed by atoms with van der Waals surface area (Å²) in [5, 5.41) is 2.96. The summed E-state index contributed by atoms with van der Waals surface area (Å²) in [5.74, 6) is -0.951. The van der Waals surface area contributed by atoms with Crippen LogP contribution in [0.25, 0.3) is 10.9 Å². The second-order valence-electron chi connectivity index (χ2n) is 12.6. The van der Waals surface area contributed by atoms with Crippen molar-refractivity contribution in [1.29, 1.82) is 0 Å². The molecule has 1 aliphatic rings. The van der Waals surface area contributed by atoms with E-state index in [1.807, 2.05) is 0 Å². The van der Waals surface area contributed by atoms with Crippen molar-refractivity contribution in [1.82, 2.24) is 19.4 Å². The number of alkyl halides is 9. The van der Waals surface area contributed by atoms with Gasteiger partial charge in [-0.25, -0.2) is 4.98 Å². The van der Waals surface area contributed by atoms with E-state index >= 15 is 0 Å². The van der Waals surface area contributed by atoms with Gasteiger partial charge in [0.1, 0.15) is 17.2 Å². The highest BCUT2D eigenvalue weighted by Crippen LogP contribution is 2.38. The molecule has 298 valence electrons. The number of halogens is 10. The van der Waals surface area contributed by atoms with Crippen molar-refractivity contribution in [2.24, 2.45) is 7.05 Å². The van der Waals surface area contributed by atoms with Gasteiger partial charge in [0.05, 0.1) is 34.1 Å². The lowest BCUT2D eigenvalue weighted by Crippen LogP contribution is -2.48. The number of amides is 2. The number of ether oxygens (including phenoxy) is 2. The Kier molecular flexibility index (Phi) is 12.1. The Labute approximate surface area is 319 Å². The van der Waals surface area contributed by atoms with E-state index in [0.717, 1.165) is 17.1 Å². The molecular weight excluding hydrogens is 785 g/mol. The molecule has 0 atom stereocenters. The summed E-state index contributed by atoms with van der Waals surface area (Å²) in [6, 6.07) is 16.6. The highest BCUT2D eigenvalue weighted by molar-refractivity contribution is 6.05. The fourth-order valence-corrected chi connectivity index (χ4v) is 5.95. The van der Waals surface area contributed by atoms with Crippen LogP contribution in [-0.2, 0) is 25.9 Å². The Morgan fingerprint density at radius 1 is 0.786 bits per heavy atom. The van der Waals surface area contributed by atoms with Gasteiger partial charge in [-0.3, -0.25) is 14.5 Å². The second kappa shape index (κ2) is 16.3. The SMILES string of the molecule is Cl.Cn1c(C(=O)N2CCN(Cc3ccc(OCC(F)(F)F)cc3)CC2)cc2ccc(Oc3ccc(NC(=O)c4ccc(C(F)(F)F)cc4C(F)(F)F)cn3)cc21. The third-order valence-electron chi connectivity index (χ3n) is 8.74. The third-order valence-corrected chi connectivity index (χ3v) is 8.74. The van der Waals surface area contributed by atoms with Gasteiger partial charge in [0.15, 0.2) is 6.61 Å². The topological polar surface area (TPSA) is 88.9 Å². The van der Waals surface area contributed by atoms with Gasteiger partial charge in [-0.05, 0) is 60.2 Å². The smallest absolute Gasteiger partial charge is 0.422 e. The zero-order chi connectivity index (χ0) is 39.7. The Bertz CT molecular complexity index is 2180. The van der Waals surface area contributed by atoms with Gasteiger partial charge >= 0.3 is 18.5 Å². The van der Waals surface area contributed by atoms with Crippen LogP contribution in [0.3, 0.4) is 0 Å². The molecule has 0 radical (unpaired) electrons. The van der Waals surface area contributed by atoms with Crippen LogP contribution in [0.5, 0.6) is 17.4 Å². The maximum atomic E-state index is 13.5. The number of nitrogens with one attached hydrogen (secondary N) is 1. The lowest BCUT2D eigenvalue weighted by atomic mass is 10.0. The van der Waals surface area contributed by atoms with Crippen molar-refractivity contribution >= 4 is 40.8 Å². The number of rotatable bonds is 9. The highest BCUT2D eigenvalue weighted by atomic mass is 35.5. The summed E-state index contributed by atoms with van der Waals surface area (Å²) in [5.41, 5.74) is -2.33. The Morgan fingerprint density at radius 3 is 2.07 bits per heavy atom. The van der Waals surface area contributed by atoms with Gasteiger partial charge in [0.2, 0.25) is 5.88 Å². The molecule has 56 heavy (non-hydrogen) atoms. The van der Waals surface area contributed by atoms with Crippen LogP contribution >= 0.6 is 12.4 Å². The standard InChI is InChI=1S/C37H30F9N5O4.ClH/c1-49-30-18-27(55-32-11-6-25(19-47-32)48-33(52)28-10-5-24(36(41,42)43)17-29(28)37(44,45)46)9-4-23(30)16-31(49)34(53)51-14-12-50(13-15-51)20-22-2-7-26(8-3-22)54-21-35(38,39)40;/h2-11,16-19H,12-15,20-21H2,1H3,(H,48,52);1H. The summed E-state index contributed by atoms with van der Waals surface area (Å²) in [4.78, 5) is 34.1. The van der Waals surface area contributed by atoms with Crippen LogP contribution < -0.4 is 14.8 Å². The zero-order valence-corrected chi connectivity index (χ0v) is 29.9. The number of anilines is 1. The van der Waals surface area contributed by atoms with Gasteiger partial charge in [-0.15, -0.1) is 12.4 Å². The first-order valence-corrected chi connectivity index (χ1v) is 16.5. The van der Waals surface area contributed by atoms with E-state index in [0.29, 0.717) is 61.8 Å². The van der Waals surface area contributed by atoms with Crippen molar-refractivity contribution in [3.8, 4) is 17.4 Å². The first kappa shape index (κ1) is 41.7. The number of benzene rings is 3. The number of pyridine rings is 1. The minimum Gasteiger partial charge on any atom is -0.484 e. The van der Waals surface area contributed by atoms with Crippen LogP contribution in [0.1, 0.15) is 37.5 Å². The number of carbonyl (C=O) groups excluding carboxylic acids is 2. The molecule has 19 heteroatoms. The third kappa shape index (κ3) is 10.0. The molecule has 6 rings (SSSR count). The van der Waals surface area contributed by atoms with E-state index < -0.39 is 47.7 Å². The van der Waals surface area contributed by atoms with E-state index in [-0.39, 0.29) is 41.7 Å². The van der Waals surface area contributed by atoms with Crippen molar-refractivity contribution in [3.63, 3.8) is 0 Å². The second-order valence-corrected chi connectivity index (χ2v) is 12.6. The lowest BCUT2D eigenvalue weighted by Gasteiger charge is -2.34. The van der Waals surface area contributed by atoms with Gasteiger partial charge < -0.3 is 24.3 Å². The number of aryl methyl sites for hydroxylation is 1. The first-order chi connectivity index (χ1) is 25.8. The molecule has 5 aromatic rings. The van der Waals surface area contributed by atoms with E-state index in [4.69, 9.17) is 9.47 Å². The molecule has 0 aliphatic carbocycles. The summed E-state index contributed by atoms with van der Waals surface area (Å²) in [6.45, 7) is 1.26. The molecule has 2 amide bonds. The Hall–Kier alpha value is -5.49. The summed E-state index contributed by atoms with van der Waals surface area (Å²) in [7, 11) is 1.73. The molecule has 1 aliphatic heterocycles.